The second-order valence-corrected chi connectivity index (χ2v) is 7.95. The molecule has 15 heteroatoms. The largest absolute Gasteiger partial charge is 1.00 e. The van der Waals surface area contributed by atoms with Crippen molar-refractivity contribution in [2.45, 2.75) is 9.79 Å². The summed E-state index contributed by atoms with van der Waals surface area (Å²) in [7, 11) is -10.2. The van der Waals surface area contributed by atoms with Gasteiger partial charge in [0.2, 0.25) is 5.78 Å². The summed E-state index contributed by atoms with van der Waals surface area (Å²) < 4.78 is 73.1. The summed E-state index contributed by atoms with van der Waals surface area (Å²) in [6, 6.07) is 3.90. The number of rotatable bonds is 5. The van der Waals surface area contributed by atoms with Crippen LogP contribution in [0.4, 0.5) is 0 Å². The molecule has 142 valence electrons. The van der Waals surface area contributed by atoms with E-state index in [0.717, 1.165) is 12.3 Å². The third kappa shape index (κ3) is 5.58. The minimum Gasteiger partial charge on any atom is -0.744 e. The van der Waals surface area contributed by atoms with Crippen molar-refractivity contribution in [2.24, 2.45) is 0 Å². The summed E-state index contributed by atoms with van der Waals surface area (Å²) >= 11 is 0. The first-order chi connectivity index (χ1) is 12.5. The van der Waals surface area contributed by atoms with E-state index < -0.39 is 47.1 Å². The zero-order chi connectivity index (χ0) is 20.0. The number of nitrogens with one attached hydrogen (secondary N) is 1. The second kappa shape index (κ2) is 9.43. The Balaban J connectivity index is 0.00000210. The summed E-state index contributed by atoms with van der Waals surface area (Å²) in [6.07, 6.45) is 2.32. The van der Waals surface area contributed by atoms with Crippen LogP contribution < -0.4 is 64.7 Å². The van der Waals surface area contributed by atoms with E-state index in [9.17, 15) is 35.5 Å². The average Bonchev–Trinajstić information content (AvgIpc) is 3.21. The molecule has 0 bridgehead atoms. The predicted molar refractivity (Wildman–Crippen MR) is 84.5 cm³/mol. The molecule has 3 rings (SSSR count). The number of benzene rings is 1. The van der Waals surface area contributed by atoms with Gasteiger partial charge in [0.15, 0.2) is 0 Å². The van der Waals surface area contributed by atoms with Gasteiger partial charge in [0.25, 0.3) is 5.56 Å². The van der Waals surface area contributed by atoms with E-state index in [1.54, 1.807) is 0 Å². The maximum atomic E-state index is 12.2. The number of hydrogen-bond acceptors (Lipinski definition) is 9. The number of furan rings is 1. The van der Waals surface area contributed by atoms with E-state index in [-0.39, 0.29) is 70.4 Å². The molecule has 0 radical (unpaired) electrons. The molecule has 0 atom stereocenters. The molecule has 1 aromatic carbocycles. The third-order valence-corrected chi connectivity index (χ3v) is 5.19. The van der Waals surface area contributed by atoms with Crippen molar-refractivity contribution in [3.63, 3.8) is 0 Å². The van der Waals surface area contributed by atoms with E-state index in [1.165, 1.54) is 12.3 Å². The summed E-state index contributed by atoms with van der Waals surface area (Å²) in [5, 5.41) is 2.29. The van der Waals surface area contributed by atoms with Crippen molar-refractivity contribution in [1.82, 2.24) is 9.78 Å². The van der Waals surface area contributed by atoms with E-state index >= 15 is 0 Å². The van der Waals surface area contributed by atoms with Gasteiger partial charge in [-0.15, -0.1) is 0 Å². The molecule has 0 unspecified atom stereocenters. The Labute approximate surface area is 208 Å². The fourth-order valence-electron chi connectivity index (χ4n) is 2.28. The van der Waals surface area contributed by atoms with Crippen LogP contribution in [-0.2, 0) is 20.2 Å². The number of H-pyrrole nitrogens is 1. The van der Waals surface area contributed by atoms with Crippen molar-refractivity contribution >= 4 is 26.0 Å². The summed E-state index contributed by atoms with van der Waals surface area (Å²) in [4.78, 5) is 22.6. The Hall–Kier alpha value is -1.00. The fourth-order valence-corrected chi connectivity index (χ4v) is 3.41. The second-order valence-electron chi connectivity index (χ2n) is 5.22. The van der Waals surface area contributed by atoms with Gasteiger partial charge in [-0.05, 0) is 24.3 Å². The minimum absolute atomic E-state index is 0. The standard InChI is InChI=1S/C14H10N2O9S2.2Na/c17-13-6-10(14(18)8-3-4-25-7-8)15-16(13)11-5-9(26(19,20)21)1-2-12(11)27(22,23)24;;/h1-7,15H,(H,19,20,21)(H,22,23,24);;/q;2*+1/p-2. The smallest absolute Gasteiger partial charge is 0.744 e. The molecule has 0 amide bonds. The normalized spacial score (nSPS) is 11.4. The van der Waals surface area contributed by atoms with Crippen molar-refractivity contribution < 1.29 is 94.3 Å². The van der Waals surface area contributed by atoms with Gasteiger partial charge in [0, 0.05) is 6.07 Å². The molecule has 0 saturated carbocycles. The maximum Gasteiger partial charge on any atom is 1.00 e. The number of aromatic nitrogens is 2. The Morgan fingerprint density at radius 1 is 1.00 bits per heavy atom. The van der Waals surface area contributed by atoms with Gasteiger partial charge < -0.3 is 13.5 Å². The maximum absolute atomic E-state index is 12.2. The number of carbonyl (C=O) groups is 1. The molecule has 0 aliphatic carbocycles. The van der Waals surface area contributed by atoms with Crippen LogP contribution in [0.1, 0.15) is 16.1 Å². The quantitative estimate of drug-likeness (QED) is 0.221. The summed E-state index contributed by atoms with van der Waals surface area (Å²) in [5.74, 6) is -0.682. The molecule has 1 N–H and O–H groups in total. The van der Waals surface area contributed by atoms with Crippen LogP contribution in [0.5, 0.6) is 0 Å². The Morgan fingerprint density at radius 2 is 1.66 bits per heavy atom. The van der Waals surface area contributed by atoms with Crippen molar-refractivity contribution in [3.05, 3.63) is 64.5 Å². The first kappa shape index (κ1) is 26.0. The van der Waals surface area contributed by atoms with Gasteiger partial charge in [-0.1, -0.05) is 0 Å². The van der Waals surface area contributed by atoms with Gasteiger partial charge in [0.1, 0.15) is 32.2 Å². The van der Waals surface area contributed by atoms with Crippen molar-refractivity contribution in [1.29, 1.82) is 0 Å². The van der Waals surface area contributed by atoms with E-state index in [4.69, 9.17) is 4.42 Å². The fraction of sp³-hybridized carbons (Fsp3) is 0. The topological polar surface area (TPSA) is 182 Å². The molecule has 0 saturated heterocycles. The van der Waals surface area contributed by atoms with E-state index in [2.05, 4.69) is 5.10 Å². The predicted octanol–water partition coefficient (Wildman–Crippen LogP) is -6.19. The number of nitrogens with zero attached hydrogens (tertiary/aromatic N) is 1. The van der Waals surface area contributed by atoms with Gasteiger partial charge in [-0.3, -0.25) is 14.7 Å². The third-order valence-electron chi connectivity index (χ3n) is 3.48. The van der Waals surface area contributed by atoms with Crippen molar-refractivity contribution in [2.75, 3.05) is 0 Å². The number of carbonyl (C=O) groups excluding carboxylic acids is 1. The van der Waals surface area contributed by atoms with Gasteiger partial charge in [0.05, 0.1) is 27.3 Å². The van der Waals surface area contributed by atoms with Crippen LogP contribution in [0, 0.1) is 0 Å². The molecular formula is C14H8N2Na2O9S2. The molecule has 11 nitrogen and oxygen atoms in total. The molecule has 0 aliphatic rings. The number of ketones is 1. The summed E-state index contributed by atoms with van der Waals surface area (Å²) in [5.41, 5.74) is -1.88. The van der Waals surface area contributed by atoms with Crippen LogP contribution >= 0.6 is 0 Å². The van der Waals surface area contributed by atoms with Gasteiger partial charge >= 0.3 is 59.1 Å². The monoisotopic (exact) mass is 458 g/mol. The zero-order valence-corrected chi connectivity index (χ0v) is 20.6. The molecule has 3 aromatic rings. The molecule has 0 fully saturated rings. The number of aromatic amines is 1. The number of hydrogen-bond donors (Lipinski definition) is 1. The van der Waals surface area contributed by atoms with Crippen LogP contribution in [0.3, 0.4) is 0 Å². The molecule has 29 heavy (non-hydrogen) atoms. The molecular weight excluding hydrogens is 450 g/mol. The SMILES string of the molecule is O=C(c1ccoc1)c1cc(=O)n(-c2cc(S(=O)(=O)[O-])ccc2S(=O)(=O)[O-])[nH]1.[Na+].[Na+]. The Kier molecular flexibility index (Phi) is 8.46. The molecule has 2 heterocycles. The zero-order valence-electron chi connectivity index (χ0n) is 15.0. The molecule has 0 spiro atoms. The average molecular weight is 458 g/mol. The summed E-state index contributed by atoms with van der Waals surface area (Å²) in [6.45, 7) is 0. The van der Waals surface area contributed by atoms with Crippen molar-refractivity contribution in [3.8, 4) is 5.69 Å². The molecule has 0 aliphatic heterocycles. The first-order valence-electron chi connectivity index (χ1n) is 6.93. The van der Waals surface area contributed by atoms with Crippen LogP contribution in [-0.4, -0.2) is 41.5 Å². The van der Waals surface area contributed by atoms with Crippen LogP contribution in [0.15, 0.2) is 61.9 Å². The molecule has 2 aromatic heterocycles. The Bertz CT molecular complexity index is 1310. The van der Waals surface area contributed by atoms with Gasteiger partial charge in [-0.2, -0.15) is 0 Å². The first-order valence-corrected chi connectivity index (χ1v) is 9.75. The van der Waals surface area contributed by atoms with E-state index in [0.29, 0.717) is 22.9 Å². The van der Waals surface area contributed by atoms with Crippen LogP contribution in [0.25, 0.3) is 5.69 Å². The van der Waals surface area contributed by atoms with Crippen LogP contribution in [0.2, 0.25) is 0 Å². The Morgan fingerprint density at radius 3 is 2.17 bits per heavy atom. The van der Waals surface area contributed by atoms with E-state index in [1.807, 2.05) is 0 Å². The minimum atomic E-state index is -5.14. The van der Waals surface area contributed by atoms with Gasteiger partial charge in [-0.25, -0.2) is 21.5 Å².